The molecule has 0 aliphatic carbocycles. The molecule has 0 amide bonds. The number of benzene rings is 11. The van der Waals surface area contributed by atoms with E-state index in [2.05, 4.69) is 10.9 Å². The maximum atomic E-state index is 12.3. The van der Waals surface area contributed by atoms with Gasteiger partial charge in [0.25, 0.3) is 0 Å². The van der Waals surface area contributed by atoms with Crippen LogP contribution in [-0.2, 0) is 0 Å². The minimum absolute atomic E-state index is 0.0440. The van der Waals surface area contributed by atoms with Gasteiger partial charge in [-0.05, 0) is 78.4 Å². The Bertz CT molecular complexity index is 5810. The molecule has 350 valence electrons. The standard InChI is InChI=1S/C68H35N5O3/c1-70-62-48(37-69)63(71-49-25-11-5-22-45(49)59-52(71)34-31-42-39-19-8-14-28-55(39)74-66(42)59)58(38-17-3-2-4-18-38)64(72-50-26-12-6-23-46(50)60-53(72)35-32-43-40-20-9-15-29-56(40)75-67(43)60)65(62)73-51-27-13-7-24-47(51)61-54(73)36-33-44-41-21-10-16-30-57(41)76-68(44)61/h2-36H/i2D,3D,4D,17D,18D. The Morgan fingerprint density at radius 1 is 0.395 bits per heavy atom. The molecule has 8 nitrogen and oxygen atoms in total. The predicted octanol–water partition coefficient (Wildman–Crippen LogP) is 18.8. The molecular formula is C68H35N5O3. The van der Waals surface area contributed by atoms with Gasteiger partial charge in [-0.3, -0.25) is 0 Å². The summed E-state index contributed by atoms with van der Waals surface area (Å²) in [5, 5.41) is 22.3. The molecule has 6 aromatic heterocycles. The predicted molar refractivity (Wildman–Crippen MR) is 308 cm³/mol. The first-order chi connectivity index (χ1) is 39.7. The summed E-state index contributed by atoms with van der Waals surface area (Å²) in [6.07, 6.45) is 0. The number of hydrogen-bond acceptors (Lipinski definition) is 4. The zero-order chi connectivity index (χ0) is 54.3. The second-order valence-electron chi connectivity index (χ2n) is 19.2. The number of furan rings is 3. The Morgan fingerprint density at radius 2 is 0.763 bits per heavy atom. The molecule has 0 aliphatic heterocycles. The van der Waals surface area contributed by atoms with Gasteiger partial charge in [0.05, 0.1) is 91.4 Å². The fourth-order valence-corrected chi connectivity index (χ4v) is 12.6. The van der Waals surface area contributed by atoms with Crippen molar-refractivity contribution in [1.82, 2.24) is 13.7 Å². The summed E-state index contributed by atoms with van der Waals surface area (Å²) in [5.74, 6) is 0. The maximum absolute atomic E-state index is 12.3. The molecule has 17 aromatic rings. The van der Waals surface area contributed by atoms with Crippen molar-refractivity contribution in [2.75, 3.05) is 0 Å². The molecule has 6 heterocycles. The van der Waals surface area contributed by atoms with Crippen molar-refractivity contribution in [3.8, 4) is 34.3 Å². The van der Waals surface area contributed by atoms with Crippen LogP contribution in [0, 0.1) is 17.9 Å². The molecule has 17 rings (SSSR count). The first kappa shape index (κ1) is 36.2. The molecule has 0 bridgehead atoms. The molecule has 0 atom stereocenters. The van der Waals surface area contributed by atoms with Gasteiger partial charge in [0.2, 0.25) is 5.69 Å². The van der Waals surface area contributed by atoms with Crippen LogP contribution in [0.25, 0.3) is 164 Å². The van der Waals surface area contributed by atoms with E-state index in [0.717, 1.165) is 64.6 Å². The van der Waals surface area contributed by atoms with E-state index >= 15 is 0 Å². The average Bonchev–Trinajstić information content (AvgIpc) is 4.25. The van der Waals surface area contributed by atoms with Gasteiger partial charge in [-0.1, -0.05) is 139 Å². The van der Waals surface area contributed by atoms with Crippen LogP contribution >= 0.6 is 0 Å². The van der Waals surface area contributed by atoms with Crippen LogP contribution in [0.5, 0.6) is 0 Å². The summed E-state index contributed by atoms with van der Waals surface area (Å²) in [4.78, 5) is 4.48. The van der Waals surface area contributed by atoms with Crippen LogP contribution < -0.4 is 0 Å². The minimum Gasteiger partial charge on any atom is -0.455 e. The lowest BCUT2D eigenvalue weighted by Gasteiger charge is -2.27. The first-order valence-electron chi connectivity index (χ1n) is 27.4. The molecule has 76 heavy (non-hydrogen) atoms. The number of nitrogens with zero attached hydrogens (tertiary/aromatic N) is 5. The minimum atomic E-state index is -0.583. The number of para-hydroxylation sites is 6. The molecule has 0 N–H and O–H groups in total. The molecule has 0 saturated carbocycles. The smallest absolute Gasteiger partial charge is 0.232 e. The highest BCUT2D eigenvalue weighted by molar-refractivity contribution is 6.28. The summed E-state index contributed by atoms with van der Waals surface area (Å²) in [5.41, 5.74) is 8.21. The van der Waals surface area contributed by atoms with E-state index < -0.39 is 30.2 Å². The van der Waals surface area contributed by atoms with E-state index in [1.807, 2.05) is 196 Å². The van der Waals surface area contributed by atoms with Crippen LogP contribution in [-0.4, -0.2) is 13.7 Å². The lowest BCUT2D eigenvalue weighted by Crippen LogP contribution is -2.12. The van der Waals surface area contributed by atoms with Gasteiger partial charge in [0, 0.05) is 54.0 Å². The van der Waals surface area contributed by atoms with Crippen LogP contribution in [0.3, 0.4) is 0 Å². The van der Waals surface area contributed by atoms with E-state index in [-0.39, 0.29) is 39.4 Å². The fourth-order valence-electron chi connectivity index (χ4n) is 12.6. The van der Waals surface area contributed by atoms with Crippen LogP contribution in [0.15, 0.2) is 225 Å². The van der Waals surface area contributed by atoms with Crippen LogP contribution in [0.2, 0.25) is 0 Å². The van der Waals surface area contributed by atoms with Crippen molar-refractivity contribution in [1.29, 1.82) is 5.26 Å². The highest BCUT2D eigenvalue weighted by atomic mass is 16.3. The topological polar surface area (TPSA) is 82.4 Å². The van der Waals surface area contributed by atoms with Crippen molar-refractivity contribution in [3.63, 3.8) is 0 Å². The quantitative estimate of drug-likeness (QED) is 0.165. The van der Waals surface area contributed by atoms with Crippen molar-refractivity contribution < 1.29 is 20.1 Å². The van der Waals surface area contributed by atoms with Gasteiger partial charge in [-0.2, -0.15) is 5.26 Å². The Balaban J connectivity index is 1.18. The monoisotopic (exact) mass is 974 g/mol. The molecule has 11 aromatic carbocycles. The summed E-state index contributed by atoms with van der Waals surface area (Å²) in [6.45, 7) is 9.58. The summed E-state index contributed by atoms with van der Waals surface area (Å²) in [7, 11) is 0. The van der Waals surface area contributed by atoms with E-state index in [4.69, 9.17) is 14.6 Å². The van der Waals surface area contributed by atoms with E-state index in [9.17, 15) is 17.3 Å². The van der Waals surface area contributed by atoms with Crippen molar-refractivity contribution in [3.05, 3.63) is 229 Å². The SMILES string of the molecule is [2H]c1c([2H])c([2H])c(-c2c(-n3c4ccccc4c4c5oc6ccccc6c5ccc43)c(C#N)c([N+]#[C-])c(-n3c4ccccc4c4c5oc6ccccc6c5ccc43)c2-n2c3ccccc3c3c4oc5ccccc5c4ccc32)c([2H])c1[2H]. The normalized spacial score (nSPS) is 13.1. The molecule has 8 heteroatoms. The van der Waals surface area contributed by atoms with Crippen LogP contribution in [0.4, 0.5) is 5.69 Å². The fraction of sp³-hybridized carbons (Fsp3) is 0. The number of hydrogen-bond donors (Lipinski definition) is 0. The zero-order valence-corrected chi connectivity index (χ0v) is 39.8. The van der Waals surface area contributed by atoms with Gasteiger partial charge in [0.1, 0.15) is 33.5 Å². The molecular weight excluding hydrogens is 935 g/mol. The Kier molecular flexibility index (Phi) is 7.09. The highest BCUT2D eigenvalue weighted by Crippen LogP contribution is 2.54. The Hall–Kier alpha value is -10.8. The Labute approximate surface area is 437 Å². The van der Waals surface area contributed by atoms with Crippen LogP contribution in [0.1, 0.15) is 12.4 Å². The third kappa shape index (κ3) is 5.14. The summed E-state index contributed by atoms with van der Waals surface area (Å²) >= 11 is 0. The molecule has 0 fully saturated rings. The molecule has 0 spiro atoms. The van der Waals surface area contributed by atoms with Gasteiger partial charge in [-0.15, -0.1) is 0 Å². The second kappa shape index (κ2) is 14.9. The van der Waals surface area contributed by atoms with Crippen molar-refractivity contribution in [2.45, 2.75) is 0 Å². The molecule has 0 radical (unpaired) electrons. The summed E-state index contributed by atoms with van der Waals surface area (Å²) < 4.78 is 74.4. The van der Waals surface area contributed by atoms with E-state index in [1.165, 1.54) is 0 Å². The number of rotatable bonds is 4. The lowest BCUT2D eigenvalue weighted by atomic mass is 9.93. The van der Waals surface area contributed by atoms with Gasteiger partial charge in [-0.25, -0.2) is 4.85 Å². The molecule has 0 aliphatic rings. The zero-order valence-electron chi connectivity index (χ0n) is 44.8. The largest absolute Gasteiger partial charge is 0.455 e. The van der Waals surface area contributed by atoms with Gasteiger partial charge < -0.3 is 27.0 Å². The Morgan fingerprint density at radius 3 is 1.17 bits per heavy atom. The summed E-state index contributed by atoms with van der Waals surface area (Å²) in [6, 6.07) is 59.0. The average molecular weight is 975 g/mol. The van der Waals surface area contributed by atoms with Gasteiger partial charge in [0.15, 0.2) is 0 Å². The first-order valence-corrected chi connectivity index (χ1v) is 24.9. The highest BCUT2D eigenvalue weighted by Gasteiger charge is 2.34. The number of nitriles is 1. The maximum Gasteiger partial charge on any atom is 0.232 e. The molecule has 0 saturated heterocycles. The second-order valence-corrected chi connectivity index (χ2v) is 19.2. The number of aromatic nitrogens is 3. The van der Waals surface area contributed by atoms with E-state index in [0.29, 0.717) is 66.6 Å². The third-order valence-electron chi connectivity index (χ3n) is 15.6. The lowest BCUT2D eigenvalue weighted by molar-refractivity contribution is 0.672. The van der Waals surface area contributed by atoms with Gasteiger partial charge >= 0.3 is 0 Å². The molecule has 0 unspecified atom stereocenters. The van der Waals surface area contributed by atoms with E-state index in [1.54, 1.807) is 0 Å². The van der Waals surface area contributed by atoms with Crippen molar-refractivity contribution >= 4 is 137 Å². The number of fused-ring (bicyclic) bond motifs is 21. The van der Waals surface area contributed by atoms with Crippen molar-refractivity contribution in [2.24, 2.45) is 0 Å². The third-order valence-corrected chi connectivity index (χ3v) is 15.6.